The van der Waals surface area contributed by atoms with Crippen LogP contribution in [0.25, 0.3) is 5.69 Å². The molecule has 1 aliphatic heterocycles. The average Bonchev–Trinajstić information content (AvgIpc) is 3.31. The summed E-state index contributed by atoms with van der Waals surface area (Å²) in [4.78, 5) is 2.14. The molecule has 0 radical (unpaired) electrons. The Morgan fingerprint density at radius 3 is 2.88 bits per heavy atom. The van der Waals surface area contributed by atoms with Crippen molar-refractivity contribution in [2.75, 3.05) is 13.1 Å². The lowest BCUT2D eigenvalue weighted by Gasteiger charge is -2.22. The summed E-state index contributed by atoms with van der Waals surface area (Å²) in [5.74, 6) is -0.305. The van der Waals surface area contributed by atoms with Crippen molar-refractivity contribution in [3.63, 3.8) is 0 Å². The molecule has 3 aromatic rings. The zero-order valence-corrected chi connectivity index (χ0v) is 13.7. The minimum Gasteiger partial charge on any atom is -0.387 e. The standard InChI is InChI=1S/C17H19FN6O/c18-15-3-1-2-4-16(15)24-8-5-14(20-24)11-22-9-6-17(25,12-22)13-23-10-7-19-21-23/h1-5,7-8,10,25H,6,9,11-13H2. The molecular formula is C17H19FN6O. The van der Waals surface area contributed by atoms with Gasteiger partial charge in [-0.25, -0.2) is 13.8 Å². The minimum absolute atomic E-state index is 0.305. The second-order valence-electron chi connectivity index (χ2n) is 6.49. The number of aromatic nitrogens is 5. The molecule has 1 aromatic carbocycles. The van der Waals surface area contributed by atoms with Gasteiger partial charge >= 0.3 is 0 Å². The highest BCUT2D eigenvalue weighted by atomic mass is 19.1. The third kappa shape index (κ3) is 3.45. The molecule has 0 amide bonds. The maximum absolute atomic E-state index is 13.9. The number of β-amino-alcohol motifs (C(OH)–C–C–N with tert-alkyl or cyclic N) is 1. The summed E-state index contributed by atoms with van der Waals surface area (Å²) in [5.41, 5.74) is 0.452. The molecule has 3 heterocycles. The van der Waals surface area contributed by atoms with E-state index in [0.717, 1.165) is 12.2 Å². The summed E-state index contributed by atoms with van der Waals surface area (Å²) in [6.07, 6.45) is 5.77. The van der Waals surface area contributed by atoms with Gasteiger partial charge in [0.1, 0.15) is 11.5 Å². The van der Waals surface area contributed by atoms with Crippen LogP contribution >= 0.6 is 0 Å². The van der Waals surface area contributed by atoms with Crippen LogP contribution in [-0.2, 0) is 13.1 Å². The largest absolute Gasteiger partial charge is 0.387 e. The van der Waals surface area contributed by atoms with Gasteiger partial charge in [-0.15, -0.1) is 5.10 Å². The number of nitrogens with zero attached hydrogens (tertiary/aromatic N) is 6. The highest BCUT2D eigenvalue weighted by molar-refractivity contribution is 5.32. The van der Waals surface area contributed by atoms with Crippen LogP contribution in [0.5, 0.6) is 0 Å². The average molecular weight is 342 g/mol. The van der Waals surface area contributed by atoms with Crippen molar-refractivity contribution in [1.82, 2.24) is 29.7 Å². The third-order valence-electron chi connectivity index (χ3n) is 4.47. The van der Waals surface area contributed by atoms with Crippen LogP contribution in [0.4, 0.5) is 4.39 Å². The lowest BCUT2D eigenvalue weighted by Crippen LogP contribution is -2.37. The number of para-hydroxylation sites is 1. The monoisotopic (exact) mass is 342 g/mol. The van der Waals surface area contributed by atoms with Gasteiger partial charge in [-0.2, -0.15) is 5.10 Å². The molecule has 1 fully saturated rings. The molecule has 130 valence electrons. The fraction of sp³-hybridized carbons (Fsp3) is 0.353. The first-order valence-electron chi connectivity index (χ1n) is 8.20. The quantitative estimate of drug-likeness (QED) is 0.755. The van der Waals surface area contributed by atoms with Crippen LogP contribution < -0.4 is 0 Å². The van der Waals surface area contributed by atoms with E-state index in [1.165, 1.54) is 6.07 Å². The van der Waals surface area contributed by atoms with E-state index in [0.29, 0.717) is 31.7 Å². The first kappa shape index (κ1) is 15.9. The Labute approximate surface area is 144 Å². The van der Waals surface area contributed by atoms with Crippen molar-refractivity contribution < 1.29 is 9.50 Å². The number of rotatable bonds is 5. The Morgan fingerprint density at radius 1 is 1.20 bits per heavy atom. The van der Waals surface area contributed by atoms with Gasteiger partial charge in [0.25, 0.3) is 0 Å². The number of likely N-dealkylation sites (tertiary alicyclic amines) is 1. The SMILES string of the molecule is OC1(Cn2ccnn2)CCN(Cc2ccn(-c3ccccc3F)n2)C1. The van der Waals surface area contributed by atoms with Crippen LogP contribution in [0.1, 0.15) is 12.1 Å². The number of halogens is 1. The Balaban J connectivity index is 1.41. The van der Waals surface area contributed by atoms with Gasteiger partial charge in [0, 0.05) is 32.0 Å². The lowest BCUT2D eigenvalue weighted by atomic mass is 10.0. The molecule has 0 bridgehead atoms. The van der Waals surface area contributed by atoms with Crippen LogP contribution in [0.15, 0.2) is 48.9 Å². The maximum atomic E-state index is 13.9. The number of aliphatic hydroxyl groups is 1. The smallest absolute Gasteiger partial charge is 0.148 e. The van der Waals surface area contributed by atoms with E-state index >= 15 is 0 Å². The normalized spacial score (nSPS) is 21.0. The molecule has 4 rings (SSSR count). The zero-order chi connectivity index (χ0) is 17.3. The Kier molecular flexibility index (Phi) is 4.06. The zero-order valence-electron chi connectivity index (χ0n) is 13.7. The van der Waals surface area contributed by atoms with E-state index in [-0.39, 0.29) is 5.82 Å². The molecule has 2 aromatic heterocycles. The van der Waals surface area contributed by atoms with Crippen LogP contribution in [0, 0.1) is 5.82 Å². The summed E-state index contributed by atoms with van der Waals surface area (Å²) >= 11 is 0. The molecule has 8 heteroatoms. The fourth-order valence-corrected chi connectivity index (χ4v) is 3.27. The summed E-state index contributed by atoms with van der Waals surface area (Å²) in [5, 5.41) is 22.9. The van der Waals surface area contributed by atoms with Crippen molar-refractivity contribution in [2.24, 2.45) is 0 Å². The van der Waals surface area contributed by atoms with E-state index in [1.54, 1.807) is 46.2 Å². The summed E-state index contributed by atoms with van der Waals surface area (Å²) in [6.45, 7) is 2.35. The van der Waals surface area contributed by atoms with Crippen LogP contribution in [0.2, 0.25) is 0 Å². The topological polar surface area (TPSA) is 72.0 Å². The first-order valence-corrected chi connectivity index (χ1v) is 8.20. The van der Waals surface area contributed by atoms with Crippen molar-refractivity contribution in [2.45, 2.75) is 25.1 Å². The van der Waals surface area contributed by atoms with Gasteiger partial charge in [0.15, 0.2) is 0 Å². The van der Waals surface area contributed by atoms with Gasteiger partial charge < -0.3 is 5.11 Å². The highest BCUT2D eigenvalue weighted by Crippen LogP contribution is 2.24. The molecule has 0 saturated carbocycles. The molecule has 0 aliphatic carbocycles. The Hall–Kier alpha value is -2.58. The molecule has 1 atom stereocenters. The van der Waals surface area contributed by atoms with Crippen molar-refractivity contribution in [3.05, 3.63) is 60.4 Å². The second kappa shape index (κ2) is 6.38. The number of hydrogen-bond donors (Lipinski definition) is 1. The van der Waals surface area contributed by atoms with Gasteiger partial charge in [0.05, 0.1) is 24.0 Å². The highest BCUT2D eigenvalue weighted by Gasteiger charge is 2.36. The first-order chi connectivity index (χ1) is 12.1. The summed E-state index contributed by atoms with van der Waals surface area (Å²) < 4.78 is 17.0. The molecule has 1 N–H and O–H groups in total. The van der Waals surface area contributed by atoms with E-state index in [2.05, 4.69) is 20.3 Å². The fourth-order valence-electron chi connectivity index (χ4n) is 3.27. The molecule has 1 aliphatic rings. The van der Waals surface area contributed by atoms with Crippen LogP contribution in [0.3, 0.4) is 0 Å². The van der Waals surface area contributed by atoms with E-state index in [9.17, 15) is 9.50 Å². The second-order valence-corrected chi connectivity index (χ2v) is 6.49. The lowest BCUT2D eigenvalue weighted by molar-refractivity contribution is 0.0273. The molecule has 25 heavy (non-hydrogen) atoms. The summed E-state index contributed by atoms with van der Waals surface area (Å²) in [7, 11) is 0. The Bertz CT molecular complexity index is 848. The predicted octanol–water partition coefficient (Wildman–Crippen LogP) is 1.24. The van der Waals surface area contributed by atoms with Crippen molar-refractivity contribution >= 4 is 0 Å². The molecule has 7 nitrogen and oxygen atoms in total. The molecular weight excluding hydrogens is 323 g/mol. The predicted molar refractivity (Wildman–Crippen MR) is 88.4 cm³/mol. The molecule has 0 spiro atoms. The maximum Gasteiger partial charge on any atom is 0.148 e. The van der Waals surface area contributed by atoms with E-state index < -0.39 is 5.60 Å². The van der Waals surface area contributed by atoms with Crippen LogP contribution in [-0.4, -0.2) is 53.5 Å². The molecule has 1 unspecified atom stereocenters. The van der Waals surface area contributed by atoms with E-state index in [1.807, 2.05) is 6.07 Å². The van der Waals surface area contributed by atoms with Crippen molar-refractivity contribution in [1.29, 1.82) is 0 Å². The summed E-state index contributed by atoms with van der Waals surface area (Å²) in [6, 6.07) is 8.43. The van der Waals surface area contributed by atoms with Gasteiger partial charge in [-0.3, -0.25) is 4.90 Å². The van der Waals surface area contributed by atoms with Crippen molar-refractivity contribution in [3.8, 4) is 5.69 Å². The third-order valence-corrected chi connectivity index (χ3v) is 4.47. The van der Waals surface area contributed by atoms with Gasteiger partial charge in [-0.1, -0.05) is 17.3 Å². The van der Waals surface area contributed by atoms with Gasteiger partial charge in [0.2, 0.25) is 0 Å². The minimum atomic E-state index is -0.818. The van der Waals surface area contributed by atoms with Gasteiger partial charge in [-0.05, 0) is 24.6 Å². The number of benzene rings is 1. The van der Waals surface area contributed by atoms with E-state index in [4.69, 9.17) is 0 Å². The number of hydrogen-bond acceptors (Lipinski definition) is 5. The Morgan fingerprint density at radius 2 is 2.08 bits per heavy atom. The molecule has 1 saturated heterocycles.